The van der Waals surface area contributed by atoms with Crippen molar-refractivity contribution in [3.05, 3.63) is 210 Å². The van der Waals surface area contributed by atoms with Gasteiger partial charge in [-0.1, -0.05) is 176 Å². The third kappa shape index (κ3) is 4.36. The van der Waals surface area contributed by atoms with Crippen LogP contribution in [0.4, 0.5) is 0 Å². The van der Waals surface area contributed by atoms with Gasteiger partial charge in [0.1, 0.15) is 0 Å². The second kappa shape index (κ2) is 12.0. The summed E-state index contributed by atoms with van der Waals surface area (Å²) in [5, 5.41) is 3.58. The Morgan fingerprint density at radius 3 is 1.71 bits per heavy atom. The number of benzene rings is 8. The summed E-state index contributed by atoms with van der Waals surface area (Å²) in [5.74, 6) is 1.95. The minimum Gasteiger partial charge on any atom is -0.208 e. The number of thiophene rings is 1. The molecule has 0 fully saturated rings. The van der Waals surface area contributed by atoms with Crippen LogP contribution < -0.4 is 0 Å². The van der Waals surface area contributed by atoms with Crippen molar-refractivity contribution in [2.75, 3.05) is 0 Å². The van der Waals surface area contributed by atoms with Gasteiger partial charge in [-0.2, -0.15) is 0 Å². The first-order chi connectivity index (χ1) is 27.8. The zero-order valence-corrected chi connectivity index (χ0v) is 31.0. The Balaban J connectivity index is 1.11. The first-order valence-electron chi connectivity index (χ1n) is 19.0. The molecule has 0 amide bonds. The molecule has 2 heterocycles. The third-order valence-corrected chi connectivity index (χ3v) is 13.0. The van der Waals surface area contributed by atoms with E-state index in [2.05, 4.69) is 170 Å². The first kappa shape index (κ1) is 31.4. The van der Waals surface area contributed by atoms with Gasteiger partial charge >= 0.3 is 0 Å². The maximum Gasteiger partial charge on any atom is 0.164 e. The van der Waals surface area contributed by atoms with Crippen molar-refractivity contribution in [2.45, 2.75) is 5.41 Å². The van der Waals surface area contributed by atoms with Crippen LogP contribution in [-0.4, -0.2) is 15.0 Å². The molecule has 10 aromatic rings. The largest absolute Gasteiger partial charge is 0.208 e. The van der Waals surface area contributed by atoms with Gasteiger partial charge in [-0.15, -0.1) is 11.3 Å². The average Bonchev–Trinajstić information content (AvgIpc) is 3.90. The summed E-state index contributed by atoms with van der Waals surface area (Å²) < 4.78 is 1.32. The van der Waals surface area contributed by atoms with Crippen molar-refractivity contribution in [2.24, 2.45) is 0 Å². The minimum atomic E-state index is -0.429. The maximum absolute atomic E-state index is 5.28. The van der Waals surface area contributed by atoms with Crippen molar-refractivity contribution in [3.63, 3.8) is 0 Å². The maximum atomic E-state index is 5.28. The Morgan fingerprint density at radius 1 is 0.357 bits per heavy atom. The molecule has 0 radical (unpaired) electrons. The molecule has 0 aliphatic heterocycles. The topological polar surface area (TPSA) is 38.7 Å². The summed E-state index contributed by atoms with van der Waals surface area (Å²) in [5.41, 5.74) is 14.0. The average molecular weight is 730 g/mol. The molecule has 0 atom stereocenters. The van der Waals surface area contributed by atoms with Crippen LogP contribution in [0.25, 0.3) is 88.4 Å². The number of aromatic nitrogens is 3. The molecule has 0 bridgehead atoms. The molecule has 0 N–H and O–H groups in total. The summed E-state index contributed by atoms with van der Waals surface area (Å²) in [6.07, 6.45) is 0. The van der Waals surface area contributed by atoms with E-state index in [0.29, 0.717) is 17.5 Å². The fourth-order valence-electron chi connectivity index (χ4n) is 9.39. The minimum absolute atomic E-state index is 0.429. The molecular formula is C52H31N3S. The van der Waals surface area contributed by atoms with Crippen molar-refractivity contribution in [3.8, 4) is 67.5 Å². The van der Waals surface area contributed by atoms with Crippen LogP contribution in [0.3, 0.4) is 0 Å². The molecule has 2 aliphatic rings. The molecular weight excluding hydrogens is 699 g/mol. The Kier molecular flexibility index (Phi) is 6.72. The second-order valence-electron chi connectivity index (χ2n) is 14.6. The highest BCUT2D eigenvalue weighted by Gasteiger charge is 2.53. The van der Waals surface area contributed by atoms with E-state index in [9.17, 15) is 0 Å². The van der Waals surface area contributed by atoms with Crippen molar-refractivity contribution in [1.82, 2.24) is 15.0 Å². The van der Waals surface area contributed by atoms with Crippen LogP contribution in [0.1, 0.15) is 21.6 Å². The van der Waals surface area contributed by atoms with Gasteiger partial charge in [-0.25, -0.2) is 15.0 Å². The molecule has 260 valence electrons. The smallest absolute Gasteiger partial charge is 0.164 e. The monoisotopic (exact) mass is 729 g/mol. The van der Waals surface area contributed by atoms with Crippen molar-refractivity contribution in [1.29, 1.82) is 0 Å². The van der Waals surface area contributed by atoms with Crippen LogP contribution in [0.15, 0.2) is 188 Å². The molecule has 0 saturated heterocycles. The Morgan fingerprint density at radius 2 is 0.929 bits per heavy atom. The summed E-state index contributed by atoms with van der Waals surface area (Å²) in [4.78, 5) is 17.0. The van der Waals surface area contributed by atoms with Crippen LogP contribution in [-0.2, 0) is 5.41 Å². The molecule has 0 unspecified atom stereocenters. The fourth-order valence-corrected chi connectivity index (χ4v) is 10.8. The van der Waals surface area contributed by atoms with Crippen LogP contribution in [0, 0.1) is 0 Å². The van der Waals surface area contributed by atoms with E-state index in [4.69, 9.17) is 15.0 Å². The summed E-state index contributed by atoms with van der Waals surface area (Å²) >= 11 is 1.94. The molecule has 0 saturated carbocycles. The lowest BCUT2D eigenvalue weighted by molar-refractivity contribution is 0.812. The van der Waals surface area contributed by atoms with Gasteiger partial charge in [-0.05, 0) is 67.4 Å². The van der Waals surface area contributed by atoms with E-state index in [0.717, 1.165) is 38.6 Å². The molecule has 3 nitrogen and oxygen atoms in total. The first-order valence-corrected chi connectivity index (χ1v) is 19.8. The zero-order chi connectivity index (χ0) is 36.8. The predicted molar refractivity (Wildman–Crippen MR) is 231 cm³/mol. The lowest BCUT2D eigenvalue weighted by Gasteiger charge is -2.29. The molecule has 1 spiro atoms. The second-order valence-corrected chi connectivity index (χ2v) is 15.7. The molecule has 12 rings (SSSR count). The normalized spacial score (nSPS) is 13.1. The highest BCUT2D eigenvalue weighted by atomic mass is 32.1. The van der Waals surface area contributed by atoms with E-state index in [-0.39, 0.29) is 0 Å². The van der Waals surface area contributed by atoms with E-state index in [1.54, 1.807) is 0 Å². The fraction of sp³-hybridized carbons (Fsp3) is 0.0192. The molecule has 56 heavy (non-hydrogen) atoms. The van der Waals surface area contributed by atoms with Gasteiger partial charge in [0, 0.05) is 37.2 Å². The third-order valence-electron chi connectivity index (χ3n) is 11.8. The standard InChI is InChI=1S/C52H31N3S/c1-2-16-33(17-3-1)49-53-50(55-51(54-49)40-25-14-18-32-15-4-5-19-35(32)40)39-23-7-6-20-36(39)34-29-30-41-45(31-34)52(48-47(41)42-24-10-13-28-46(42)56-48)43-26-11-8-21-37(43)38-22-9-12-27-44(38)52/h1-31H. The number of fused-ring (bicyclic) bond motifs is 13. The Hall–Kier alpha value is -7.01. The Bertz CT molecular complexity index is 3160. The highest BCUT2D eigenvalue weighted by molar-refractivity contribution is 7.20. The lowest BCUT2D eigenvalue weighted by atomic mass is 9.73. The van der Waals surface area contributed by atoms with E-state index in [1.807, 2.05) is 29.5 Å². The van der Waals surface area contributed by atoms with E-state index < -0.39 is 5.41 Å². The highest BCUT2D eigenvalue weighted by Crippen LogP contribution is 2.66. The van der Waals surface area contributed by atoms with Gasteiger partial charge in [0.25, 0.3) is 0 Å². The predicted octanol–water partition coefficient (Wildman–Crippen LogP) is 13.3. The van der Waals surface area contributed by atoms with Crippen LogP contribution in [0.2, 0.25) is 0 Å². The van der Waals surface area contributed by atoms with E-state index in [1.165, 1.54) is 53.9 Å². The lowest BCUT2D eigenvalue weighted by Crippen LogP contribution is -2.24. The van der Waals surface area contributed by atoms with Gasteiger partial charge in [0.2, 0.25) is 0 Å². The van der Waals surface area contributed by atoms with Gasteiger partial charge in [0.15, 0.2) is 17.5 Å². The number of rotatable bonds is 4. The zero-order valence-electron chi connectivity index (χ0n) is 30.1. The van der Waals surface area contributed by atoms with Gasteiger partial charge in [0.05, 0.1) is 5.41 Å². The van der Waals surface area contributed by atoms with Crippen LogP contribution in [0.5, 0.6) is 0 Å². The van der Waals surface area contributed by atoms with E-state index >= 15 is 0 Å². The summed E-state index contributed by atoms with van der Waals surface area (Å²) in [6.45, 7) is 0. The number of nitrogens with zero attached hydrogens (tertiary/aromatic N) is 3. The van der Waals surface area contributed by atoms with Crippen molar-refractivity contribution >= 4 is 32.2 Å². The van der Waals surface area contributed by atoms with Gasteiger partial charge < -0.3 is 0 Å². The summed E-state index contributed by atoms with van der Waals surface area (Å²) in [6, 6.07) is 67.6. The Labute approximate surface area is 328 Å². The van der Waals surface area contributed by atoms with Crippen LogP contribution >= 0.6 is 11.3 Å². The summed E-state index contributed by atoms with van der Waals surface area (Å²) in [7, 11) is 0. The number of hydrogen-bond donors (Lipinski definition) is 0. The molecule has 8 aromatic carbocycles. The SMILES string of the molecule is c1ccc(-c2nc(-c3ccccc3-c3ccc4c(c3)C3(c5ccccc5-c5ccccc53)c3sc5ccccc5c3-4)nc(-c3cccc4ccccc34)n2)cc1. The quantitative estimate of drug-likeness (QED) is 0.181. The molecule has 4 heteroatoms. The van der Waals surface area contributed by atoms with Gasteiger partial charge in [-0.3, -0.25) is 0 Å². The number of hydrogen-bond acceptors (Lipinski definition) is 4. The van der Waals surface area contributed by atoms with Crippen molar-refractivity contribution < 1.29 is 0 Å². The molecule has 2 aromatic heterocycles. The molecule has 2 aliphatic carbocycles.